The van der Waals surface area contributed by atoms with Crippen LogP contribution in [0.25, 0.3) is 16.9 Å². The molecule has 1 aromatic heterocycles. The summed E-state index contributed by atoms with van der Waals surface area (Å²) in [6.07, 6.45) is 1.85. The number of rotatable bonds is 9. The van der Waals surface area contributed by atoms with E-state index in [9.17, 15) is 9.59 Å². The van der Waals surface area contributed by atoms with Crippen LogP contribution in [0.15, 0.2) is 54.7 Å². The molecule has 0 fully saturated rings. The number of anilines is 1. The van der Waals surface area contributed by atoms with Crippen LogP contribution < -0.4 is 10.1 Å². The zero-order valence-corrected chi connectivity index (χ0v) is 21.0. The summed E-state index contributed by atoms with van der Waals surface area (Å²) in [7, 11) is 1.60. The predicted octanol–water partition coefficient (Wildman–Crippen LogP) is 5.28. The highest BCUT2D eigenvalue weighted by Crippen LogP contribution is 2.27. The van der Waals surface area contributed by atoms with Crippen molar-refractivity contribution in [3.8, 4) is 22.7 Å². The van der Waals surface area contributed by atoms with E-state index in [1.165, 1.54) is 0 Å². The van der Waals surface area contributed by atoms with Gasteiger partial charge < -0.3 is 9.64 Å². The number of methoxy groups -OCH3 is 1. The first kappa shape index (κ1) is 25.3. The van der Waals surface area contributed by atoms with Gasteiger partial charge in [-0.2, -0.15) is 0 Å². The van der Waals surface area contributed by atoms with Crippen LogP contribution in [0.1, 0.15) is 27.7 Å². The molecule has 0 unspecified atom stereocenters. The van der Waals surface area contributed by atoms with Crippen LogP contribution in [0, 0.1) is 11.8 Å². The van der Waals surface area contributed by atoms with Crippen molar-refractivity contribution in [3.63, 3.8) is 0 Å². The van der Waals surface area contributed by atoms with Gasteiger partial charge in [0.25, 0.3) is 0 Å². The van der Waals surface area contributed by atoms with Gasteiger partial charge in [-0.1, -0.05) is 57.5 Å². The minimum Gasteiger partial charge on any atom is -0.497 e. The lowest BCUT2D eigenvalue weighted by Gasteiger charge is -2.25. The molecule has 3 aromatic rings. The molecule has 2 amide bonds. The fourth-order valence-electron chi connectivity index (χ4n) is 3.56. The van der Waals surface area contributed by atoms with Crippen molar-refractivity contribution in [3.05, 3.63) is 59.8 Å². The number of carbonyl (C=O) groups is 2. The third kappa shape index (κ3) is 6.38. The monoisotopic (exact) mass is 482 g/mol. The number of amides is 2. The number of imidazole rings is 1. The number of ether oxygens (including phenoxy) is 1. The summed E-state index contributed by atoms with van der Waals surface area (Å²) >= 11 is 6.04. The van der Waals surface area contributed by atoms with Crippen LogP contribution in [0.5, 0.6) is 5.75 Å². The van der Waals surface area contributed by atoms with E-state index in [0.29, 0.717) is 29.0 Å². The Morgan fingerprint density at radius 1 is 1.12 bits per heavy atom. The van der Waals surface area contributed by atoms with E-state index in [4.69, 9.17) is 16.3 Å². The van der Waals surface area contributed by atoms with Crippen molar-refractivity contribution in [2.24, 2.45) is 11.8 Å². The molecular weight excluding hydrogens is 452 g/mol. The summed E-state index contributed by atoms with van der Waals surface area (Å²) in [4.78, 5) is 31.9. The Hall–Kier alpha value is -3.32. The maximum absolute atomic E-state index is 13.0. The lowest BCUT2D eigenvalue weighted by atomic mass is 10.1. The molecule has 8 heteroatoms. The maximum Gasteiger partial charge on any atom is 0.246 e. The third-order valence-corrected chi connectivity index (χ3v) is 5.41. The quantitative estimate of drug-likeness (QED) is 0.450. The number of nitrogens with one attached hydrogen (secondary N) is 1. The molecule has 0 saturated carbocycles. The van der Waals surface area contributed by atoms with E-state index in [1.807, 2.05) is 70.3 Å². The van der Waals surface area contributed by atoms with Crippen LogP contribution in [0.4, 0.5) is 5.95 Å². The van der Waals surface area contributed by atoms with Gasteiger partial charge in [-0.15, -0.1) is 0 Å². The third-order valence-electron chi connectivity index (χ3n) is 5.15. The van der Waals surface area contributed by atoms with Crippen molar-refractivity contribution in [1.82, 2.24) is 14.5 Å². The SMILES string of the molecule is COc1cccc(-n2cc(-c3ccc(Cl)cc3)nc2NC(=O)CN(CC(C)C)C(=O)C(C)C)c1. The van der Waals surface area contributed by atoms with Crippen LogP contribution >= 0.6 is 11.6 Å². The Morgan fingerprint density at radius 2 is 1.82 bits per heavy atom. The Morgan fingerprint density at radius 3 is 2.44 bits per heavy atom. The number of hydrogen-bond donors (Lipinski definition) is 1. The van der Waals surface area contributed by atoms with Gasteiger partial charge in [0.2, 0.25) is 17.8 Å². The first-order chi connectivity index (χ1) is 16.2. The van der Waals surface area contributed by atoms with Crippen LogP contribution in [0.3, 0.4) is 0 Å². The molecule has 3 rings (SSSR count). The second-order valence-electron chi connectivity index (χ2n) is 8.84. The summed E-state index contributed by atoms with van der Waals surface area (Å²) in [5.41, 5.74) is 2.31. The highest BCUT2D eigenvalue weighted by Gasteiger charge is 2.22. The zero-order valence-electron chi connectivity index (χ0n) is 20.2. The van der Waals surface area contributed by atoms with Crippen LogP contribution in [-0.4, -0.2) is 46.5 Å². The smallest absolute Gasteiger partial charge is 0.246 e. The molecule has 180 valence electrons. The summed E-state index contributed by atoms with van der Waals surface area (Å²) < 4.78 is 7.15. The largest absolute Gasteiger partial charge is 0.497 e. The van der Waals surface area contributed by atoms with Gasteiger partial charge in [0.15, 0.2) is 0 Å². The highest BCUT2D eigenvalue weighted by atomic mass is 35.5. The molecule has 34 heavy (non-hydrogen) atoms. The summed E-state index contributed by atoms with van der Waals surface area (Å²) in [6, 6.07) is 14.8. The normalized spacial score (nSPS) is 11.1. The van der Waals surface area contributed by atoms with Crippen molar-refractivity contribution in [1.29, 1.82) is 0 Å². The van der Waals surface area contributed by atoms with Gasteiger partial charge in [-0.3, -0.25) is 19.5 Å². The van der Waals surface area contributed by atoms with Crippen LogP contribution in [0.2, 0.25) is 5.02 Å². The van der Waals surface area contributed by atoms with Gasteiger partial charge >= 0.3 is 0 Å². The Kier molecular flexibility index (Phi) is 8.34. The summed E-state index contributed by atoms with van der Waals surface area (Å²) in [5.74, 6) is 0.716. The first-order valence-electron chi connectivity index (χ1n) is 11.3. The van der Waals surface area contributed by atoms with E-state index in [0.717, 1.165) is 11.3 Å². The number of nitrogens with zero attached hydrogens (tertiary/aromatic N) is 3. The van der Waals surface area contributed by atoms with Gasteiger partial charge in [0.1, 0.15) is 5.75 Å². The fourth-order valence-corrected chi connectivity index (χ4v) is 3.69. The van der Waals surface area contributed by atoms with Crippen LogP contribution in [-0.2, 0) is 9.59 Å². The minimum atomic E-state index is -0.313. The highest BCUT2D eigenvalue weighted by molar-refractivity contribution is 6.30. The number of hydrogen-bond acceptors (Lipinski definition) is 4. The number of benzene rings is 2. The molecular formula is C26H31ClN4O3. The first-order valence-corrected chi connectivity index (χ1v) is 11.6. The lowest BCUT2D eigenvalue weighted by Crippen LogP contribution is -2.42. The van der Waals surface area contributed by atoms with Gasteiger partial charge in [0.05, 0.1) is 25.0 Å². The second kappa shape index (κ2) is 11.2. The zero-order chi connectivity index (χ0) is 24.8. The Labute approximate surface area is 205 Å². The van der Waals surface area contributed by atoms with Crippen molar-refractivity contribution in [2.45, 2.75) is 27.7 Å². The van der Waals surface area contributed by atoms with E-state index >= 15 is 0 Å². The molecule has 0 radical (unpaired) electrons. The molecule has 7 nitrogen and oxygen atoms in total. The molecule has 0 saturated heterocycles. The Bertz CT molecular complexity index is 1140. The molecule has 0 aliphatic rings. The average Bonchev–Trinajstić information content (AvgIpc) is 3.21. The maximum atomic E-state index is 13.0. The topological polar surface area (TPSA) is 76.5 Å². The van der Waals surface area contributed by atoms with Crippen molar-refractivity contribution in [2.75, 3.05) is 25.5 Å². The molecule has 1 N–H and O–H groups in total. The van der Waals surface area contributed by atoms with E-state index < -0.39 is 0 Å². The van der Waals surface area contributed by atoms with E-state index in [-0.39, 0.29) is 30.2 Å². The number of halogens is 1. The standard InChI is InChI=1S/C26H31ClN4O3/c1-17(2)14-30(25(33)18(3)4)16-24(32)29-26-28-23(19-9-11-20(27)12-10-19)15-31(26)21-7-6-8-22(13-21)34-5/h6-13,15,17-18H,14,16H2,1-5H3,(H,28,29,32). The molecule has 0 bridgehead atoms. The Balaban J connectivity index is 1.94. The minimum absolute atomic E-state index is 0.0452. The average molecular weight is 483 g/mol. The van der Waals surface area contributed by atoms with Gasteiger partial charge in [-0.25, -0.2) is 4.98 Å². The lowest BCUT2D eigenvalue weighted by molar-refractivity contribution is -0.138. The van der Waals surface area contributed by atoms with Crippen molar-refractivity contribution >= 4 is 29.4 Å². The number of aromatic nitrogens is 2. The van der Waals surface area contributed by atoms with Gasteiger partial charge in [-0.05, 0) is 30.2 Å². The molecule has 2 aromatic carbocycles. The second-order valence-corrected chi connectivity index (χ2v) is 9.28. The van der Waals surface area contributed by atoms with Gasteiger partial charge in [0, 0.05) is 35.3 Å². The summed E-state index contributed by atoms with van der Waals surface area (Å²) in [5, 5.41) is 3.53. The molecule has 0 aliphatic heterocycles. The molecule has 0 spiro atoms. The summed E-state index contributed by atoms with van der Waals surface area (Å²) in [6.45, 7) is 8.17. The fraction of sp³-hybridized carbons (Fsp3) is 0.346. The van der Waals surface area contributed by atoms with E-state index in [1.54, 1.807) is 28.7 Å². The number of carbonyl (C=O) groups excluding carboxylic acids is 2. The molecule has 0 aliphatic carbocycles. The van der Waals surface area contributed by atoms with E-state index in [2.05, 4.69) is 10.3 Å². The predicted molar refractivity (Wildman–Crippen MR) is 135 cm³/mol. The molecule has 1 heterocycles. The molecule has 0 atom stereocenters. The van der Waals surface area contributed by atoms with Crippen molar-refractivity contribution < 1.29 is 14.3 Å².